The fourth-order valence-corrected chi connectivity index (χ4v) is 2.64. The Morgan fingerprint density at radius 1 is 0.909 bits per heavy atom. The predicted molar refractivity (Wildman–Crippen MR) is 90.5 cm³/mol. The Balaban J connectivity index is 2.04. The lowest BCUT2D eigenvalue weighted by Crippen LogP contribution is -1.86. The van der Waals surface area contributed by atoms with Gasteiger partial charge in [-0.15, -0.1) is 0 Å². The van der Waals surface area contributed by atoms with Crippen LogP contribution in [0.4, 0.5) is 0 Å². The van der Waals surface area contributed by atoms with E-state index < -0.39 is 0 Å². The number of aromatic hydroxyl groups is 2. The molecule has 0 bridgehead atoms. The Kier molecular flexibility index (Phi) is 3.92. The first-order valence-corrected chi connectivity index (χ1v) is 7.25. The normalized spacial score (nSPS) is 11.4. The minimum atomic E-state index is -0.0892. The molecule has 0 radical (unpaired) electrons. The van der Waals surface area contributed by atoms with Crippen LogP contribution in [-0.4, -0.2) is 15.2 Å². The molecule has 0 saturated heterocycles. The molecule has 0 aliphatic carbocycles. The summed E-state index contributed by atoms with van der Waals surface area (Å²) in [6.07, 6.45) is 3.60. The van der Waals surface area contributed by atoms with Crippen LogP contribution in [0.1, 0.15) is 11.3 Å². The molecule has 0 unspecified atom stereocenters. The standard InChI is InChI=1S/C17H11Cl2NO2/c18-14-9-15(19)17(22)16-13(14)7-6-11(20-16)5-4-10-2-1-3-12(21)8-10/h1-9,21-22H/b5-4+. The van der Waals surface area contributed by atoms with Crippen molar-refractivity contribution < 1.29 is 10.2 Å². The zero-order valence-electron chi connectivity index (χ0n) is 11.3. The summed E-state index contributed by atoms with van der Waals surface area (Å²) in [7, 11) is 0. The highest BCUT2D eigenvalue weighted by molar-refractivity contribution is 6.39. The molecule has 3 aromatic rings. The van der Waals surface area contributed by atoms with Crippen LogP contribution in [0.15, 0.2) is 42.5 Å². The number of rotatable bonds is 2. The van der Waals surface area contributed by atoms with Gasteiger partial charge in [0, 0.05) is 5.39 Å². The lowest BCUT2D eigenvalue weighted by atomic mass is 10.1. The lowest BCUT2D eigenvalue weighted by Gasteiger charge is -2.05. The van der Waals surface area contributed by atoms with Gasteiger partial charge in [-0.3, -0.25) is 0 Å². The maximum absolute atomic E-state index is 10.0. The molecule has 2 aromatic carbocycles. The number of benzene rings is 2. The first-order valence-electron chi connectivity index (χ1n) is 6.49. The first-order chi connectivity index (χ1) is 10.5. The first kappa shape index (κ1) is 14.7. The number of phenols is 2. The number of aromatic nitrogens is 1. The minimum absolute atomic E-state index is 0.0892. The van der Waals surface area contributed by atoms with Gasteiger partial charge in [0.05, 0.1) is 15.7 Å². The SMILES string of the molecule is Oc1cccc(/C=C/c2ccc3c(Cl)cc(Cl)c(O)c3n2)c1. The predicted octanol–water partition coefficient (Wildman–Crippen LogP) is 5.12. The second-order valence-electron chi connectivity index (χ2n) is 4.75. The Morgan fingerprint density at radius 3 is 2.50 bits per heavy atom. The van der Waals surface area contributed by atoms with Gasteiger partial charge in [-0.05, 0) is 42.0 Å². The van der Waals surface area contributed by atoms with E-state index in [4.69, 9.17) is 23.2 Å². The van der Waals surface area contributed by atoms with E-state index in [0.29, 0.717) is 21.6 Å². The molecule has 22 heavy (non-hydrogen) atoms. The molecule has 0 amide bonds. The van der Waals surface area contributed by atoms with Gasteiger partial charge in [0.1, 0.15) is 11.3 Å². The molecule has 0 fully saturated rings. The van der Waals surface area contributed by atoms with E-state index in [1.165, 1.54) is 6.07 Å². The van der Waals surface area contributed by atoms with Crippen molar-refractivity contribution in [1.82, 2.24) is 4.98 Å². The van der Waals surface area contributed by atoms with Crippen LogP contribution in [-0.2, 0) is 0 Å². The van der Waals surface area contributed by atoms with Crippen LogP contribution in [0.3, 0.4) is 0 Å². The largest absolute Gasteiger partial charge is 0.508 e. The van der Waals surface area contributed by atoms with Crippen LogP contribution in [0.5, 0.6) is 11.5 Å². The number of hydrogen-bond acceptors (Lipinski definition) is 3. The van der Waals surface area contributed by atoms with Gasteiger partial charge < -0.3 is 10.2 Å². The van der Waals surface area contributed by atoms with Crippen LogP contribution in [0, 0.1) is 0 Å². The van der Waals surface area contributed by atoms with Crippen LogP contribution < -0.4 is 0 Å². The summed E-state index contributed by atoms with van der Waals surface area (Å²) in [5, 5.41) is 20.7. The maximum atomic E-state index is 10.0. The number of hydrogen-bond donors (Lipinski definition) is 2. The Morgan fingerprint density at radius 2 is 1.73 bits per heavy atom. The molecule has 5 heteroatoms. The fraction of sp³-hybridized carbons (Fsp3) is 0. The highest BCUT2D eigenvalue weighted by atomic mass is 35.5. The zero-order chi connectivity index (χ0) is 15.7. The maximum Gasteiger partial charge on any atom is 0.160 e. The highest BCUT2D eigenvalue weighted by Gasteiger charge is 2.10. The number of fused-ring (bicyclic) bond motifs is 1. The minimum Gasteiger partial charge on any atom is -0.508 e. The van der Waals surface area contributed by atoms with Crippen molar-refractivity contribution >= 4 is 46.3 Å². The van der Waals surface area contributed by atoms with Crippen molar-refractivity contribution in [3.8, 4) is 11.5 Å². The average Bonchev–Trinajstić information content (AvgIpc) is 2.50. The summed E-state index contributed by atoms with van der Waals surface area (Å²) in [5.74, 6) is 0.110. The summed E-state index contributed by atoms with van der Waals surface area (Å²) >= 11 is 12.0. The van der Waals surface area contributed by atoms with Crippen molar-refractivity contribution in [1.29, 1.82) is 0 Å². The van der Waals surface area contributed by atoms with Crippen molar-refractivity contribution in [2.45, 2.75) is 0 Å². The van der Waals surface area contributed by atoms with Gasteiger partial charge in [0.15, 0.2) is 5.75 Å². The summed E-state index contributed by atoms with van der Waals surface area (Å²) in [5.41, 5.74) is 1.84. The monoisotopic (exact) mass is 331 g/mol. The van der Waals surface area contributed by atoms with E-state index in [-0.39, 0.29) is 16.5 Å². The molecule has 0 aliphatic heterocycles. The number of halogens is 2. The number of pyridine rings is 1. The van der Waals surface area contributed by atoms with Crippen LogP contribution >= 0.6 is 23.2 Å². The third kappa shape index (κ3) is 2.86. The van der Waals surface area contributed by atoms with Crippen molar-refractivity contribution in [2.24, 2.45) is 0 Å². The lowest BCUT2D eigenvalue weighted by molar-refractivity contribution is 0.475. The molecular formula is C17H11Cl2NO2. The van der Waals surface area contributed by atoms with Crippen LogP contribution in [0.25, 0.3) is 23.1 Å². The summed E-state index contributed by atoms with van der Waals surface area (Å²) in [6.45, 7) is 0. The quantitative estimate of drug-likeness (QED) is 0.684. The molecular weight excluding hydrogens is 321 g/mol. The van der Waals surface area contributed by atoms with E-state index in [1.807, 2.05) is 12.1 Å². The average molecular weight is 332 g/mol. The van der Waals surface area contributed by atoms with Gasteiger partial charge >= 0.3 is 0 Å². The molecule has 0 atom stereocenters. The Labute approximate surface area is 137 Å². The summed E-state index contributed by atoms with van der Waals surface area (Å²) in [6, 6.07) is 11.9. The van der Waals surface area contributed by atoms with Crippen molar-refractivity contribution in [2.75, 3.05) is 0 Å². The smallest absolute Gasteiger partial charge is 0.160 e. The Hall–Kier alpha value is -2.23. The molecule has 1 heterocycles. The molecule has 3 nitrogen and oxygen atoms in total. The number of nitrogens with zero attached hydrogens (tertiary/aromatic N) is 1. The van der Waals surface area contributed by atoms with Crippen molar-refractivity contribution in [3.05, 3.63) is 63.8 Å². The molecule has 2 N–H and O–H groups in total. The Bertz CT molecular complexity index is 891. The van der Waals surface area contributed by atoms with Gasteiger partial charge in [-0.2, -0.15) is 0 Å². The second kappa shape index (κ2) is 5.87. The molecule has 3 rings (SSSR count). The van der Waals surface area contributed by atoms with E-state index in [0.717, 1.165) is 5.56 Å². The van der Waals surface area contributed by atoms with E-state index >= 15 is 0 Å². The van der Waals surface area contributed by atoms with Gasteiger partial charge in [0.25, 0.3) is 0 Å². The summed E-state index contributed by atoms with van der Waals surface area (Å²) in [4.78, 5) is 4.37. The molecule has 0 aliphatic rings. The highest BCUT2D eigenvalue weighted by Crippen LogP contribution is 2.36. The molecule has 0 spiro atoms. The van der Waals surface area contributed by atoms with Gasteiger partial charge in [-0.25, -0.2) is 4.98 Å². The van der Waals surface area contributed by atoms with Crippen LogP contribution in [0.2, 0.25) is 10.0 Å². The summed E-state index contributed by atoms with van der Waals surface area (Å²) < 4.78 is 0. The second-order valence-corrected chi connectivity index (χ2v) is 5.56. The third-order valence-corrected chi connectivity index (χ3v) is 3.80. The molecule has 0 saturated carbocycles. The van der Waals surface area contributed by atoms with Gasteiger partial charge in [-0.1, -0.05) is 41.4 Å². The van der Waals surface area contributed by atoms with Crippen molar-refractivity contribution in [3.63, 3.8) is 0 Å². The molecule has 110 valence electrons. The topological polar surface area (TPSA) is 53.4 Å². The zero-order valence-corrected chi connectivity index (χ0v) is 12.8. The van der Waals surface area contributed by atoms with E-state index in [1.54, 1.807) is 36.4 Å². The molecule has 1 aromatic heterocycles. The number of phenolic OH excluding ortho intramolecular Hbond substituents is 2. The fourth-order valence-electron chi connectivity index (χ4n) is 2.12. The van der Waals surface area contributed by atoms with E-state index in [2.05, 4.69) is 4.98 Å². The van der Waals surface area contributed by atoms with Gasteiger partial charge in [0.2, 0.25) is 0 Å². The van der Waals surface area contributed by atoms with E-state index in [9.17, 15) is 10.2 Å². The third-order valence-electron chi connectivity index (χ3n) is 3.19.